The molecule has 0 bridgehead atoms. The van der Waals surface area contributed by atoms with Crippen LogP contribution in [0.5, 0.6) is 0 Å². The second kappa shape index (κ2) is 5.77. The first-order chi connectivity index (χ1) is 9.29. The predicted octanol–water partition coefficient (Wildman–Crippen LogP) is 2.36. The highest BCUT2D eigenvalue weighted by molar-refractivity contribution is 7.15. The summed E-state index contributed by atoms with van der Waals surface area (Å²) in [6.45, 7) is 2.62. The fourth-order valence-corrected chi connectivity index (χ4v) is 3.45. The van der Waals surface area contributed by atoms with E-state index in [1.807, 2.05) is 11.3 Å². The van der Waals surface area contributed by atoms with Crippen LogP contribution in [0.1, 0.15) is 42.2 Å². The van der Waals surface area contributed by atoms with Gasteiger partial charge in [0, 0.05) is 44.1 Å². The number of thiazole rings is 1. The van der Waals surface area contributed by atoms with Gasteiger partial charge in [-0.3, -0.25) is 0 Å². The molecule has 4 nitrogen and oxygen atoms in total. The summed E-state index contributed by atoms with van der Waals surface area (Å²) in [7, 11) is 3.93. The molecule has 2 aliphatic rings. The van der Waals surface area contributed by atoms with Crippen molar-refractivity contribution in [1.29, 1.82) is 0 Å². The standard InChI is InChI=1S/C14H23N3OS/c1-17(11-5-6-11)14-16-13(10-3-4-10)12(19-14)9-15-7-8-18-2/h10-11,15H,3-9H2,1-2H3. The number of anilines is 1. The predicted molar refractivity (Wildman–Crippen MR) is 79.1 cm³/mol. The molecule has 2 fully saturated rings. The van der Waals surface area contributed by atoms with Crippen molar-refractivity contribution in [3.8, 4) is 0 Å². The summed E-state index contributed by atoms with van der Waals surface area (Å²) in [5.41, 5.74) is 1.36. The van der Waals surface area contributed by atoms with E-state index in [1.165, 1.54) is 41.4 Å². The van der Waals surface area contributed by atoms with E-state index in [-0.39, 0.29) is 0 Å². The van der Waals surface area contributed by atoms with E-state index in [0.29, 0.717) is 0 Å². The van der Waals surface area contributed by atoms with E-state index in [2.05, 4.69) is 17.3 Å². The molecule has 0 saturated heterocycles. The van der Waals surface area contributed by atoms with Gasteiger partial charge in [0.25, 0.3) is 0 Å². The summed E-state index contributed by atoms with van der Waals surface area (Å²) in [4.78, 5) is 8.71. The molecule has 1 aromatic heterocycles. The molecule has 0 amide bonds. The maximum atomic E-state index is 5.07. The van der Waals surface area contributed by atoms with Crippen molar-refractivity contribution in [3.05, 3.63) is 10.6 Å². The second-order valence-electron chi connectivity index (χ2n) is 5.59. The third-order valence-electron chi connectivity index (χ3n) is 3.85. The number of ether oxygens (including phenoxy) is 1. The molecule has 2 saturated carbocycles. The van der Waals surface area contributed by atoms with E-state index in [4.69, 9.17) is 9.72 Å². The smallest absolute Gasteiger partial charge is 0.185 e. The van der Waals surface area contributed by atoms with Gasteiger partial charge >= 0.3 is 0 Å². The fraction of sp³-hybridized carbons (Fsp3) is 0.786. The van der Waals surface area contributed by atoms with E-state index in [1.54, 1.807) is 7.11 Å². The molecule has 5 heteroatoms. The van der Waals surface area contributed by atoms with Gasteiger partial charge in [0.1, 0.15) is 0 Å². The van der Waals surface area contributed by atoms with Crippen LogP contribution in [0.25, 0.3) is 0 Å². The Morgan fingerprint density at radius 2 is 2.16 bits per heavy atom. The zero-order valence-electron chi connectivity index (χ0n) is 11.8. The lowest BCUT2D eigenvalue weighted by molar-refractivity contribution is 0.199. The van der Waals surface area contributed by atoms with Crippen molar-refractivity contribution >= 4 is 16.5 Å². The van der Waals surface area contributed by atoms with Crippen molar-refractivity contribution in [1.82, 2.24) is 10.3 Å². The second-order valence-corrected chi connectivity index (χ2v) is 6.65. The van der Waals surface area contributed by atoms with Crippen LogP contribution < -0.4 is 10.2 Å². The first-order valence-corrected chi connectivity index (χ1v) is 8.03. The highest BCUT2D eigenvalue weighted by atomic mass is 32.1. The van der Waals surface area contributed by atoms with Crippen LogP contribution in [0.4, 0.5) is 5.13 Å². The minimum absolute atomic E-state index is 0.733. The van der Waals surface area contributed by atoms with Gasteiger partial charge in [-0.25, -0.2) is 4.98 Å². The molecular formula is C14H23N3OS. The minimum atomic E-state index is 0.733. The number of nitrogens with zero attached hydrogens (tertiary/aromatic N) is 2. The monoisotopic (exact) mass is 281 g/mol. The molecule has 0 radical (unpaired) electrons. The first-order valence-electron chi connectivity index (χ1n) is 7.21. The summed E-state index contributed by atoms with van der Waals surface area (Å²) in [6.07, 6.45) is 5.30. The van der Waals surface area contributed by atoms with Crippen LogP contribution >= 0.6 is 11.3 Å². The summed E-state index contributed by atoms with van der Waals surface area (Å²) in [6, 6.07) is 0.743. The van der Waals surface area contributed by atoms with Crippen LogP contribution in [-0.2, 0) is 11.3 Å². The molecule has 106 valence electrons. The number of nitrogens with one attached hydrogen (secondary N) is 1. The molecular weight excluding hydrogens is 258 g/mol. The molecule has 0 atom stereocenters. The topological polar surface area (TPSA) is 37.4 Å². The third kappa shape index (κ3) is 3.27. The Morgan fingerprint density at radius 1 is 1.37 bits per heavy atom. The van der Waals surface area contributed by atoms with Crippen molar-refractivity contribution in [2.75, 3.05) is 32.2 Å². The Bertz CT molecular complexity index is 426. The SMILES string of the molecule is COCCNCc1sc(N(C)C2CC2)nc1C1CC1. The Morgan fingerprint density at radius 3 is 2.79 bits per heavy atom. The average Bonchev–Trinajstić information content (AvgIpc) is 3.31. The maximum Gasteiger partial charge on any atom is 0.185 e. The fourth-order valence-electron chi connectivity index (χ4n) is 2.30. The number of methoxy groups -OCH3 is 1. The maximum absolute atomic E-state index is 5.07. The molecule has 0 aliphatic heterocycles. The zero-order chi connectivity index (χ0) is 13.2. The Kier molecular flexibility index (Phi) is 4.05. The van der Waals surface area contributed by atoms with Gasteiger partial charge in [-0.05, 0) is 25.7 Å². The molecule has 0 aromatic carbocycles. The molecule has 2 aliphatic carbocycles. The quantitative estimate of drug-likeness (QED) is 0.742. The van der Waals surface area contributed by atoms with Gasteiger partial charge in [0.05, 0.1) is 12.3 Å². The summed E-state index contributed by atoms with van der Waals surface area (Å²) in [5.74, 6) is 0.733. The van der Waals surface area contributed by atoms with Crippen LogP contribution in [0, 0.1) is 0 Å². The number of hydrogen-bond donors (Lipinski definition) is 1. The number of hydrogen-bond acceptors (Lipinski definition) is 5. The van der Waals surface area contributed by atoms with Gasteiger partial charge in [0.15, 0.2) is 5.13 Å². The van der Waals surface area contributed by atoms with Crippen molar-refractivity contribution in [2.45, 2.75) is 44.2 Å². The van der Waals surface area contributed by atoms with Crippen LogP contribution in [0.2, 0.25) is 0 Å². The minimum Gasteiger partial charge on any atom is -0.383 e. The van der Waals surface area contributed by atoms with E-state index in [0.717, 1.165) is 31.7 Å². The van der Waals surface area contributed by atoms with E-state index in [9.17, 15) is 0 Å². The summed E-state index contributed by atoms with van der Waals surface area (Å²) in [5, 5.41) is 4.67. The molecule has 0 spiro atoms. The molecule has 0 unspecified atom stereocenters. The molecule has 1 aromatic rings. The van der Waals surface area contributed by atoms with E-state index < -0.39 is 0 Å². The highest BCUT2D eigenvalue weighted by Gasteiger charge is 2.33. The largest absolute Gasteiger partial charge is 0.383 e. The van der Waals surface area contributed by atoms with Crippen molar-refractivity contribution in [3.63, 3.8) is 0 Å². The first kappa shape index (κ1) is 13.3. The number of rotatable bonds is 8. The van der Waals surface area contributed by atoms with E-state index >= 15 is 0 Å². The Balaban J connectivity index is 1.66. The molecule has 19 heavy (non-hydrogen) atoms. The molecule has 3 rings (SSSR count). The van der Waals surface area contributed by atoms with Gasteiger partial charge in [-0.2, -0.15) is 0 Å². The number of aromatic nitrogens is 1. The Hall–Kier alpha value is -0.650. The van der Waals surface area contributed by atoms with Crippen molar-refractivity contribution < 1.29 is 4.74 Å². The van der Waals surface area contributed by atoms with Crippen LogP contribution in [-0.4, -0.2) is 38.3 Å². The van der Waals surface area contributed by atoms with Gasteiger partial charge in [-0.1, -0.05) is 0 Å². The van der Waals surface area contributed by atoms with Gasteiger partial charge in [0.2, 0.25) is 0 Å². The highest BCUT2D eigenvalue weighted by Crippen LogP contribution is 2.45. The molecule has 1 N–H and O–H groups in total. The normalized spacial score (nSPS) is 18.8. The lowest BCUT2D eigenvalue weighted by Gasteiger charge is -2.13. The Labute approximate surface area is 119 Å². The summed E-state index contributed by atoms with van der Waals surface area (Å²) >= 11 is 1.87. The van der Waals surface area contributed by atoms with Gasteiger partial charge in [-0.15, -0.1) is 11.3 Å². The van der Waals surface area contributed by atoms with Crippen LogP contribution in [0.15, 0.2) is 0 Å². The zero-order valence-corrected chi connectivity index (χ0v) is 12.6. The average molecular weight is 281 g/mol. The third-order valence-corrected chi connectivity index (χ3v) is 5.01. The van der Waals surface area contributed by atoms with Gasteiger partial charge < -0.3 is 15.0 Å². The lowest BCUT2D eigenvalue weighted by Crippen LogP contribution is -2.19. The summed E-state index contributed by atoms with van der Waals surface area (Å²) < 4.78 is 5.07. The van der Waals surface area contributed by atoms with Crippen LogP contribution in [0.3, 0.4) is 0 Å². The lowest BCUT2D eigenvalue weighted by atomic mass is 10.2. The van der Waals surface area contributed by atoms with Crippen molar-refractivity contribution in [2.24, 2.45) is 0 Å². The molecule has 1 heterocycles.